The average molecular weight is 381 g/mol. The van der Waals surface area contributed by atoms with Crippen molar-refractivity contribution in [3.8, 4) is 5.75 Å². The largest absolute Gasteiger partial charge is 0.611 e. The van der Waals surface area contributed by atoms with Gasteiger partial charge >= 0.3 is 5.97 Å². The van der Waals surface area contributed by atoms with Crippen molar-refractivity contribution in [1.29, 1.82) is 0 Å². The first kappa shape index (κ1) is 19.6. The normalized spacial score (nSPS) is 11.9. The molecule has 2 aromatic carbocycles. The van der Waals surface area contributed by atoms with E-state index >= 15 is 0 Å². The highest BCUT2D eigenvalue weighted by molar-refractivity contribution is 7.90. The van der Waals surface area contributed by atoms with E-state index in [9.17, 15) is 9.35 Å². The molecule has 0 radical (unpaired) electrons. The standard InChI is InChI=1S/C19H21ClO4S/c1-4-13-6-7-14(17(18(13)23-3)19(21)24-5-2)12-25(22)16-10-8-15(20)9-11-16/h6-11H,4-5,12H2,1-3H3. The Labute approximate surface area is 156 Å². The third kappa shape index (κ3) is 4.69. The first-order valence-electron chi connectivity index (χ1n) is 8.01. The molecule has 2 rings (SSSR count). The highest BCUT2D eigenvalue weighted by atomic mass is 35.5. The van der Waals surface area contributed by atoms with Gasteiger partial charge in [-0.3, -0.25) is 0 Å². The number of aryl methyl sites for hydroxylation is 1. The first-order valence-corrected chi connectivity index (χ1v) is 9.71. The van der Waals surface area contributed by atoms with Crippen LogP contribution in [-0.4, -0.2) is 24.2 Å². The van der Waals surface area contributed by atoms with E-state index in [1.165, 1.54) is 7.11 Å². The maximum Gasteiger partial charge on any atom is 0.342 e. The molecule has 0 spiro atoms. The Morgan fingerprint density at radius 1 is 1.12 bits per heavy atom. The second-order valence-corrected chi connectivity index (χ2v) is 7.20. The van der Waals surface area contributed by atoms with E-state index < -0.39 is 17.1 Å². The third-order valence-electron chi connectivity index (χ3n) is 3.75. The molecule has 0 aliphatic rings. The lowest BCUT2D eigenvalue weighted by Gasteiger charge is -2.17. The summed E-state index contributed by atoms with van der Waals surface area (Å²) in [5, 5.41) is 0.585. The molecule has 0 heterocycles. The summed E-state index contributed by atoms with van der Waals surface area (Å²) >= 11 is 4.56. The second kappa shape index (κ2) is 9.13. The van der Waals surface area contributed by atoms with E-state index in [0.717, 1.165) is 12.0 Å². The molecular weight excluding hydrogens is 360 g/mol. The van der Waals surface area contributed by atoms with Gasteiger partial charge < -0.3 is 14.0 Å². The summed E-state index contributed by atoms with van der Waals surface area (Å²) < 4.78 is 23.3. The van der Waals surface area contributed by atoms with Crippen LogP contribution in [0.5, 0.6) is 5.75 Å². The van der Waals surface area contributed by atoms with Crippen LogP contribution in [0.3, 0.4) is 0 Å². The maximum absolute atomic E-state index is 12.7. The van der Waals surface area contributed by atoms with Crippen LogP contribution in [0.4, 0.5) is 0 Å². The monoisotopic (exact) mass is 380 g/mol. The van der Waals surface area contributed by atoms with Crippen molar-refractivity contribution in [2.45, 2.75) is 30.9 Å². The summed E-state index contributed by atoms with van der Waals surface area (Å²) in [6.07, 6.45) is 0.718. The number of hydrogen-bond acceptors (Lipinski definition) is 4. The van der Waals surface area contributed by atoms with Gasteiger partial charge in [0, 0.05) is 10.6 Å². The Kier molecular flexibility index (Phi) is 7.17. The van der Waals surface area contributed by atoms with Crippen molar-refractivity contribution >= 4 is 28.7 Å². The molecule has 4 nitrogen and oxygen atoms in total. The zero-order chi connectivity index (χ0) is 18.4. The molecule has 1 atom stereocenters. The lowest BCUT2D eigenvalue weighted by atomic mass is 10.0. The quantitative estimate of drug-likeness (QED) is 0.527. The number of methoxy groups -OCH3 is 1. The second-order valence-electron chi connectivity index (χ2n) is 5.31. The van der Waals surface area contributed by atoms with Gasteiger partial charge in [-0.2, -0.15) is 0 Å². The molecule has 1 unspecified atom stereocenters. The minimum atomic E-state index is -1.31. The van der Waals surface area contributed by atoms with Crippen molar-refractivity contribution in [3.63, 3.8) is 0 Å². The molecule has 0 saturated heterocycles. The Balaban J connectivity index is 2.41. The Bertz CT molecular complexity index is 731. The van der Waals surface area contributed by atoms with Crippen LogP contribution in [0.1, 0.15) is 35.3 Å². The predicted molar refractivity (Wildman–Crippen MR) is 99.9 cm³/mol. The average Bonchev–Trinajstić information content (AvgIpc) is 2.61. The molecule has 0 amide bonds. The smallest absolute Gasteiger partial charge is 0.342 e. The minimum Gasteiger partial charge on any atom is -0.611 e. The number of ether oxygens (including phenoxy) is 2. The number of rotatable bonds is 7. The first-order chi connectivity index (χ1) is 12.0. The fourth-order valence-electron chi connectivity index (χ4n) is 2.54. The highest BCUT2D eigenvalue weighted by Crippen LogP contribution is 2.31. The molecule has 6 heteroatoms. The minimum absolute atomic E-state index is 0.191. The summed E-state index contributed by atoms with van der Waals surface area (Å²) in [4.78, 5) is 13.1. The fourth-order valence-corrected chi connectivity index (χ4v) is 3.79. The Morgan fingerprint density at radius 3 is 2.32 bits per heavy atom. The lowest BCUT2D eigenvalue weighted by Crippen LogP contribution is -2.15. The van der Waals surface area contributed by atoms with Gasteiger partial charge in [-0.25, -0.2) is 4.79 Å². The van der Waals surface area contributed by atoms with Crippen LogP contribution in [0.25, 0.3) is 0 Å². The van der Waals surface area contributed by atoms with Gasteiger partial charge in [0.15, 0.2) is 4.90 Å². The van der Waals surface area contributed by atoms with Crippen LogP contribution in [0.15, 0.2) is 41.3 Å². The predicted octanol–water partition coefficient (Wildman–Crippen LogP) is 4.40. The van der Waals surface area contributed by atoms with Crippen LogP contribution in [-0.2, 0) is 28.1 Å². The molecule has 0 aliphatic carbocycles. The van der Waals surface area contributed by atoms with E-state index in [1.54, 1.807) is 31.2 Å². The summed E-state index contributed by atoms with van der Waals surface area (Å²) in [7, 11) is 1.52. The van der Waals surface area contributed by atoms with Crippen molar-refractivity contribution in [2.75, 3.05) is 13.7 Å². The van der Waals surface area contributed by atoms with Gasteiger partial charge in [-0.1, -0.05) is 30.7 Å². The molecule has 0 fully saturated rings. The molecule has 0 N–H and O–H groups in total. The van der Waals surface area contributed by atoms with Crippen molar-refractivity contribution in [3.05, 3.63) is 58.1 Å². The molecule has 0 aliphatic heterocycles. The highest BCUT2D eigenvalue weighted by Gasteiger charge is 2.24. The van der Waals surface area contributed by atoms with Gasteiger partial charge in [0.1, 0.15) is 17.1 Å². The summed E-state index contributed by atoms with van der Waals surface area (Å²) in [5.41, 5.74) is 1.90. The number of benzene rings is 2. The van der Waals surface area contributed by atoms with Crippen molar-refractivity contribution in [2.24, 2.45) is 0 Å². The number of carbonyl (C=O) groups is 1. The lowest BCUT2D eigenvalue weighted by molar-refractivity contribution is 0.0521. The molecular formula is C19H21ClO4S. The van der Waals surface area contributed by atoms with Crippen LogP contribution >= 0.6 is 11.6 Å². The zero-order valence-corrected chi connectivity index (χ0v) is 16.1. The fraction of sp³-hybridized carbons (Fsp3) is 0.316. The Hall–Kier alpha value is -1.69. The van der Waals surface area contributed by atoms with Gasteiger partial charge in [0.2, 0.25) is 0 Å². The van der Waals surface area contributed by atoms with E-state index in [-0.39, 0.29) is 12.4 Å². The molecule has 25 heavy (non-hydrogen) atoms. The molecule has 0 aromatic heterocycles. The van der Waals surface area contributed by atoms with Gasteiger partial charge in [0.05, 0.1) is 13.7 Å². The topological polar surface area (TPSA) is 58.6 Å². The molecule has 0 saturated carbocycles. The van der Waals surface area contributed by atoms with Gasteiger partial charge in [0.25, 0.3) is 0 Å². The molecule has 134 valence electrons. The number of esters is 1. The van der Waals surface area contributed by atoms with Gasteiger partial charge in [-0.15, -0.1) is 0 Å². The van der Waals surface area contributed by atoms with Gasteiger partial charge in [-0.05, 0) is 54.3 Å². The van der Waals surface area contributed by atoms with Crippen molar-refractivity contribution in [1.82, 2.24) is 0 Å². The van der Waals surface area contributed by atoms with E-state index in [0.29, 0.717) is 26.8 Å². The number of hydrogen-bond donors (Lipinski definition) is 0. The van der Waals surface area contributed by atoms with Crippen LogP contribution in [0.2, 0.25) is 5.02 Å². The van der Waals surface area contributed by atoms with E-state index in [1.807, 2.05) is 19.1 Å². The number of halogens is 1. The molecule has 0 bridgehead atoms. The van der Waals surface area contributed by atoms with Crippen molar-refractivity contribution < 1.29 is 18.8 Å². The maximum atomic E-state index is 12.7. The van der Waals surface area contributed by atoms with E-state index in [4.69, 9.17) is 21.1 Å². The molecule has 2 aromatic rings. The summed E-state index contributed by atoms with van der Waals surface area (Å²) in [5.74, 6) is 0.222. The van der Waals surface area contributed by atoms with Crippen LogP contribution < -0.4 is 4.74 Å². The summed E-state index contributed by atoms with van der Waals surface area (Å²) in [6, 6.07) is 10.6. The zero-order valence-electron chi connectivity index (χ0n) is 14.5. The third-order valence-corrected chi connectivity index (χ3v) is 5.38. The SMILES string of the molecule is CCOC(=O)c1c(C[S+]([O-])c2ccc(Cl)cc2)ccc(CC)c1OC. The number of carbonyl (C=O) groups excluding carboxylic acids is 1. The Morgan fingerprint density at radius 2 is 1.76 bits per heavy atom. The van der Waals surface area contributed by atoms with Crippen LogP contribution in [0, 0.1) is 0 Å². The van der Waals surface area contributed by atoms with E-state index in [2.05, 4.69) is 0 Å². The summed E-state index contributed by atoms with van der Waals surface area (Å²) in [6.45, 7) is 4.00.